The van der Waals surface area contributed by atoms with E-state index in [2.05, 4.69) is 15.9 Å². The predicted molar refractivity (Wildman–Crippen MR) is 93.2 cm³/mol. The molecule has 0 unspecified atom stereocenters. The molecule has 1 aliphatic rings. The fourth-order valence-electron chi connectivity index (χ4n) is 2.21. The molecule has 1 aliphatic heterocycles. The van der Waals surface area contributed by atoms with Gasteiger partial charge >= 0.3 is 5.97 Å². The molecule has 0 aromatic heterocycles. The maximum atomic E-state index is 11.9. The Morgan fingerprint density at radius 3 is 2.40 bits per heavy atom. The molecule has 0 saturated heterocycles. The van der Waals surface area contributed by atoms with E-state index < -0.39 is 5.97 Å². The van der Waals surface area contributed by atoms with Gasteiger partial charge in [-0.15, -0.1) is 0 Å². The standard InChI is InChI=1S/C18H17BrO6/c1-2-21-13-3-5-14(6-4-13)22-10-18(20)23-9-12-7-16-17(8-15(12)19)25-11-24-16/h3-8H,2,9-11H2,1H3. The van der Waals surface area contributed by atoms with Gasteiger partial charge in [0, 0.05) is 10.0 Å². The lowest BCUT2D eigenvalue weighted by Gasteiger charge is -2.09. The van der Waals surface area contributed by atoms with E-state index in [4.69, 9.17) is 23.7 Å². The number of ether oxygens (including phenoxy) is 5. The van der Waals surface area contributed by atoms with Crippen molar-refractivity contribution in [1.82, 2.24) is 0 Å². The van der Waals surface area contributed by atoms with Gasteiger partial charge in [-0.1, -0.05) is 15.9 Å². The number of hydrogen-bond acceptors (Lipinski definition) is 6. The highest BCUT2D eigenvalue weighted by atomic mass is 79.9. The van der Waals surface area contributed by atoms with E-state index >= 15 is 0 Å². The van der Waals surface area contributed by atoms with Crippen LogP contribution < -0.4 is 18.9 Å². The summed E-state index contributed by atoms with van der Waals surface area (Å²) in [7, 11) is 0. The van der Waals surface area contributed by atoms with Crippen LogP contribution in [-0.4, -0.2) is 26.0 Å². The van der Waals surface area contributed by atoms with E-state index in [1.54, 1.807) is 36.4 Å². The molecule has 0 spiro atoms. The first-order chi connectivity index (χ1) is 12.2. The largest absolute Gasteiger partial charge is 0.494 e. The number of halogens is 1. The van der Waals surface area contributed by atoms with Gasteiger partial charge in [0.05, 0.1) is 6.61 Å². The number of carbonyl (C=O) groups excluding carboxylic acids is 1. The van der Waals surface area contributed by atoms with Gasteiger partial charge in [0.15, 0.2) is 18.1 Å². The molecule has 7 heteroatoms. The van der Waals surface area contributed by atoms with Gasteiger partial charge in [0.1, 0.15) is 18.1 Å². The highest BCUT2D eigenvalue weighted by Gasteiger charge is 2.17. The maximum Gasteiger partial charge on any atom is 0.344 e. The second-order valence-electron chi connectivity index (χ2n) is 5.15. The molecule has 0 saturated carbocycles. The average Bonchev–Trinajstić information content (AvgIpc) is 3.06. The van der Waals surface area contributed by atoms with Crippen molar-refractivity contribution < 1.29 is 28.5 Å². The molecular weight excluding hydrogens is 392 g/mol. The van der Waals surface area contributed by atoms with Crippen molar-refractivity contribution in [2.75, 3.05) is 20.0 Å². The third-order valence-electron chi connectivity index (χ3n) is 3.42. The Morgan fingerprint density at radius 2 is 1.72 bits per heavy atom. The smallest absolute Gasteiger partial charge is 0.344 e. The van der Waals surface area contributed by atoms with Crippen LogP contribution in [-0.2, 0) is 16.1 Å². The van der Waals surface area contributed by atoms with E-state index in [1.807, 2.05) is 6.92 Å². The van der Waals surface area contributed by atoms with Gasteiger partial charge in [-0.25, -0.2) is 4.79 Å². The lowest BCUT2D eigenvalue weighted by Crippen LogP contribution is -2.14. The van der Waals surface area contributed by atoms with Crippen LogP contribution in [0.5, 0.6) is 23.0 Å². The molecule has 0 N–H and O–H groups in total. The Bertz CT molecular complexity index is 744. The fraction of sp³-hybridized carbons (Fsp3) is 0.278. The first kappa shape index (κ1) is 17.4. The van der Waals surface area contributed by atoms with Gasteiger partial charge in [-0.2, -0.15) is 0 Å². The maximum absolute atomic E-state index is 11.9. The summed E-state index contributed by atoms with van der Waals surface area (Å²) < 4.78 is 27.4. The van der Waals surface area contributed by atoms with Gasteiger partial charge in [0.2, 0.25) is 6.79 Å². The Morgan fingerprint density at radius 1 is 1.08 bits per heavy atom. The number of benzene rings is 2. The highest BCUT2D eigenvalue weighted by Crippen LogP contribution is 2.37. The molecule has 0 radical (unpaired) electrons. The molecule has 2 aromatic carbocycles. The minimum absolute atomic E-state index is 0.114. The van der Waals surface area contributed by atoms with E-state index in [0.717, 1.165) is 15.8 Å². The number of fused-ring (bicyclic) bond motifs is 1. The predicted octanol–water partition coefficient (Wildman–Crippen LogP) is 3.70. The highest BCUT2D eigenvalue weighted by molar-refractivity contribution is 9.10. The van der Waals surface area contributed by atoms with Crippen molar-refractivity contribution in [3.8, 4) is 23.0 Å². The second-order valence-corrected chi connectivity index (χ2v) is 6.00. The number of carbonyl (C=O) groups is 1. The molecule has 2 aromatic rings. The topological polar surface area (TPSA) is 63.2 Å². The van der Waals surface area contributed by atoms with Crippen LogP contribution in [0.3, 0.4) is 0 Å². The van der Waals surface area contributed by atoms with Crippen LogP contribution in [0, 0.1) is 0 Å². The quantitative estimate of drug-likeness (QED) is 0.650. The van der Waals surface area contributed by atoms with Gasteiger partial charge < -0.3 is 23.7 Å². The zero-order valence-corrected chi connectivity index (χ0v) is 15.2. The number of hydrogen-bond donors (Lipinski definition) is 0. The van der Waals surface area contributed by atoms with E-state index in [-0.39, 0.29) is 20.0 Å². The number of esters is 1. The van der Waals surface area contributed by atoms with Crippen LogP contribution in [0.25, 0.3) is 0 Å². The monoisotopic (exact) mass is 408 g/mol. The normalized spacial score (nSPS) is 11.9. The zero-order chi connectivity index (χ0) is 17.6. The first-order valence-electron chi connectivity index (χ1n) is 7.75. The Balaban J connectivity index is 1.48. The molecule has 3 rings (SSSR count). The fourth-order valence-corrected chi connectivity index (χ4v) is 2.65. The van der Waals surface area contributed by atoms with Gasteiger partial charge in [-0.05, 0) is 43.3 Å². The summed E-state index contributed by atoms with van der Waals surface area (Å²) in [6.45, 7) is 2.65. The van der Waals surface area contributed by atoms with Crippen LogP contribution in [0.1, 0.15) is 12.5 Å². The zero-order valence-electron chi connectivity index (χ0n) is 13.6. The average molecular weight is 409 g/mol. The number of rotatable bonds is 7. The summed E-state index contributed by atoms with van der Waals surface area (Å²) in [6.07, 6.45) is 0. The molecule has 0 atom stereocenters. The van der Waals surface area contributed by atoms with Crippen LogP contribution in [0.2, 0.25) is 0 Å². The summed E-state index contributed by atoms with van der Waals surface area (Å²) in [5.74, 6) is 2.17. The lowest BCUT2D eigenvalue weighted by molar-refractivity contribution is -0.147. The molecule has 6 nitrogen and oxygen atoms in total. The molecule has 0 aliphatic carbocycles. The summed E-state index contributed by atoms with van der Waals surface area (Å²) in [5.41, 5.74) is 0.790. The SMILES string of the molecule is CCOc1ccc(OCC(=O)OCc2cc3c(cc2Br)OCO3)cc1. The minimum atomic E-state index is -0.460. The molecule has 0 amide bonds. The van der Waals surface area contributed by atoms with Crippen molar-refractivity contribution in [2.24, 2.45) is 0 Å². The van der Waals surface area contributed by atoms with Gasteiger partial charge in [-0.3, -0.25) is 0 Å². The minimum Gasteiger partial charge on any atom is -0.494 e. The van der Waals surface area contributed by atoms with Crippen LogP contribution in [0.4, 0.5) is 0 Å². The van der Waals surface area contributed by atoms with Crippen molar-refractivity contribution >= 4 is 21.9 Å². The summed E-state index contributed by atoms with van der Waals surface area (Å²) in [5, 5.41) is 0. The Labute approximate surface area is 153 Å². The van der Waals surface area contributed by atoms with Crippen molar-refractivity contribution in [3.63, 3.8) is 0 Å². The third-order valence-corrected chi connectivity index (χ3v) is 4.16. The molecule has 132 valence electrons. The lowest BCUT2D eigenvalue weighted by atomic mass is 10.2. The molecular formula is C18H17BrO6. The Hall–Kier alpha value is -2.41. The molecule has 1 heterocycles. The molecule has 0 bridgehead atoms. The van der Waals surface area contributed by atoms with Crippen molar-refractivity contribution in [1.29, 1.82) is 0 Å². The summed E-state index contributed by atoms with van der Waals surface area (Å²) in [6, 6.07) is 10.6. The second kappa shape index (κ2) is 8.11. The van der Waals surface area contributed by atoms with Crippen molar-refractivity contribution in [2.45, 2.75) is 13.5 Å². The molecule has 0 fully saturated rings. The van der Waals surface area contributed by atoms with Gasteiger partial charge in [0.25, 0.3) is 0 Å². The first-order valence-corrected chi connectivity index (χ1v) is 8.54. The summed E-state index contributed by atoms with van der Waals surface area (Å²) >= 11 is 3.43. The summed E-state index contributed by atoms with van der Waals surface area (Å²) in [4.78, 5) is 11.9. The Kier molecular flexibility index (Phi) is 5.65. The third kappa shape index (κ3) is 4.57. The van der Waals surface area contributed by atoms with Crippen LogP contribution >= 0.6 is 15.9 Å². The van der Waals surface area contributed by atoms with E-state index in [9.17, 15) is 4.79 Å². The molecule has 25 heavy (non-hydrogen) atoms. The van der Waals surface area contributed by atoms with Crippen molar-refractivity contribution in [3.05, 3.63) is 46.4 Å². The van der Waals surface area contributed by atoms with Crippen LogP contribution in [0.15, 0.2) is 40.9 Å². The van der Waals surface area contributed by atoms with E-state index in [1.165, 1.54) is 0 Å². The van der Waals surface area contributed by atoms with E-state index in [0.29, 0.717) is 23.9 Å².